The molecule has 12 heavy (non-hydrogen) atoms. The predicted octanol–water partition coefficient (Wildman–Crippen LogP) is 2.89. The molecule has 2 aromatic rings. The van der Waals surface area contributed by atoms with Gasteiger partial charge in [-0.3, -0.25) is 0 Å². The molecule has 0 aliphatic rings. The van der Waals surface area contributed by atoms with E-state index in [1.165, 1.54) is 10.7 Å². The zero-order valence-corrected chi connectivity index (χ0v) is 8.10. The van der Waals surface area contributed by atoms with Crippen LogP contribution in [0.5, 0.6) is 0 Å². The zero-order chi connectivity index (χ0) is 8.72. The van der Waals surface area contributed by atoms with Gasteiger partial charge >= 0.3 is 0 Å². The minimum Gasteiger partial charge on any atom is -0.236 e. The third-order valence-corrected chi connectivity index (χ3v) is 2.42. The smallest absolute Gasteiger partial charge is 0.164 e. The van der Waals surface area contributed by atoms with Crippen LogP contribution in [0.15, 0.2) is 22.9 Å². The monoisotopic (exact) mass is 248 g/mol. The Kier molecular flexibility index (Phi) is 1.81. The molecule has 0 amide bonds. The van der Waals surface area contributed by atoms with Gasteiger partial charge in [0.1, 0.15) is 5.52 Å². The zero-order valence-electron chi connectivity index (χ0n) is 5.76. The summed E-state index contributed by atoms with van der Waals surface area (Å²) in [5.74, 6) is -0.389. The van der Waals surface area contributed by atoms with E-state index in [4.69, 9.17) is 11.6 Å². The van der Waals surface area contributed by atoms with Crippen LogP contribution in [0, 0.1) is 5.82 Å². The van der Waals surface area contributed by atoms with Crippen LogP contribution in [0.4, 0.5) is 4.39 Å². The molecule has 0 aromatic carbocycles. The number of hydrogen-bond donors (Lipinski definition) is 0. The fourth-order valence-electron chi connectivity index (χ4n) is 0.982. The summed E-state index contributed by atoms with van der Waals surface area (Å²) >= 11 is 8.77. The van der Waals surface area contributed by atoms with E-state index < -0.39 is 0 Å². The number of halogens is 3. The van der Waals surface area contributed by atoms with Crippen molar-refractivity contribution < 1.29 is 4.39 Å². The first-order valence-corrected chi connectivity index (χ1v) is 4.34. The van der Waals surface area contributed by atoms with Crippen LogP contribution in [0.3, 0.4) is 0 Å². The minimum absolute atomic E-state index is 0.297. The summed E-state index contributed by atoms with van der Waals surface area (Å²) < 4.78 is 15.1. The summed E-state index contributed by atoms with van der Waals surface area (Å²) in [4.78, 5) is 0. The molecule has 0 saturated heterocycles. The molecule has 0 spiro atoms. The molecule has 0 unspecified atom stereocenters. The maximum absolute atomic E-state index is 13.3. The maximum Gasteiger partial charge on any atom is 0.164 e. The van der Waals surface area contributed by atoms with Crippen LogP contribution in [-0.2, 0) is 0 Å². The van der Waals surface area contributed by atoms with E-state index in [0.717, 1.165) is 0 Å². The van der Waals surface area contributed by atoms with E-state index in [-0.39, 0.29) is 5.82 Å². The number of aromatic nitrogens is 2. The highest BCUT2D eigenvalue weighted by Gasteiger charge is 2.09. The van der Waals surface area contributed by atoms with Gasteiger partial charge in [-0.15, -0.1) is 0 Å². The normalized spacial score (nSPS) is 10.9. The van der Waals surface area contributed by atoms with E-state index in [1.807, 2.05) is 0 Å². The Bertz CT molecular complexity index is 440. The van der Waals surface area contributed by atoms with Crippen molar-refractivity contribution in [3.05, 3.63) is 33.8 Å². The second-order valence-electron chi connectivity index (χ2n) is 2.26. The predicted molar refractivity (Wildman–Crippen MR) is 47.9 cm³/mol. The summed E-state index contributed by atoms with van der Waals surface area (Å²) in [6.45, 7) is 0. The summed E-state index contributed by atoms with van der Waals surface area (Å²) in [5.41, 5.74) is 0.297. The van der Waals surface area contributed by atoms with Crippen LogP contribution in [-0.4, -0.2) is 9.61 Å². The van der Waals surface area contributed by atoms with Gasteiger partial charge in [0.25, 0.3) is 0 Å². The van der Waals surface area contributed by atoms with Crippen LogP contribution < -0.4 is 0 Å². The second kappa shape index (κ2) is 2.71. The topological polar surface area (TPSA) is 17.3 Å². The van der Waals surface area contributed by atoms with Crippen molar-refractivity contribution in [1.82, 2.24) is 9.61 Å². The highest BCUT2D eigenvalue weighted by atomic mass is 79.9. The molecule has 2 heterocycles. The lowest BCUT2D eigenvalue weighted by molar-refractivity contribution is 0.624. The fourth-order valence-corrected chi connectivity index (χ4v) is 1.50. The molecule has 0 bridgehead atoms. The lowest BCUT2D eigenvalue weighted by Gasteiger charge is -1.96. The molecule has 0 fully saturated rings. The van der Waals surface area contributed by atoms with E-state index in [2.05, 4.69) is 21.0 Å². The molecule has 0 radical (unpaired) electrons. The van der Waals surface area contributed by atoms with Crippen LogP contribution in [0.25, 0.3) is 5.52 Å². The number of rotatable bonds is 0. The molecule has 5 heteroatoms. The quantitative estimate of drug-likeness (QED) is 0.702. The molecule has 0 saturated carbocycles. The van der Waals surface area contributed by atoms with E-state index in [0.29, 0.717) is 15.0 Å². The van der Waals surface area contributed by atoms with Gasteiger partial charge in [-0.1, -0.05) is 11.6 Å². The second-order valence-corrected chi connectivity index (χ2v) is 3.52. The molecule has 62 valence electrons. The Morgan fingerprint density at radius 1 is 1.58 bits per heavy atom. The van der Waals surface area contributed by atoms with Crippen molar-refractivity contribution in [3.63, 3.8) is 0 Å². The van der Waals surface area contributed by atoms with E-state index in [9.17, 15) is 4.39 Å². The van der Waals surface area contributed by atoms with Gasteiger partial charge in [-0.05, 0) is 22.0 Å². The van der Waals surface area contributed by atoms with Gasteiger partial charge in [-0.25, -0.2) is 8.91 Å². The van der Waals surface area contributed by atoms with Crippen molar-refractivity contribution in [3.8, 4) is 0 Å². The Balaban J connectivity index is 2.96. The first kappa shape index (κ1) is 8.01. The first-order chi connectivity index (χ1) is 5.70. The maximum atomic E-state index is 13.3. The molecule has 2 rings (SSSR count). The van der Waals surface area contributed by atoms with Crippen molar-refractivity contribution in [2.24, 2.45) is 0 Å². The number of hydrogen-bond acceptors (Lipinski definition) is 1. The van der Waals surface area contributed by atoms with E-state index >= 15 is 0 Å². The van der Waals surface area contributed by atoms with Crippen molar-refractivity contribution in [1.29, 1.82) is 0 Å². The number of pyridine rings is 1. The Hall–Kier alpha value is -0.610. The average Bonchev–Trinajstić information content (AvgIpc) is 2.41. The van der Waals surface area contributed by atoms with Gasteiger partial charge < -0.3 is 0 Å². The largest absolute Gasteiger partial charge is 0.236 e. The van der Waals surface area contributed by atoms with Crippen LogP contribution in [0.1, 0.15) is 0 Å². The molecular weight excluding hydrogens is 246 g/mol. The summed E-state index contributed by atoms with van der Waals surface area (Å²) in [5, 5.41) is 4.16. The average molecular weight is 249 g/mol. The highest BCUT2D eigenvalue weighted by Crippen LogP contribution is 2.24. The summed E-state index contributed by atoms with van der Waals surface area (Å²) in [6, 6.07) is 1.58. The minimum atomic E-state index is -0.389. The van der Waals surface area contributed by atoms with Gasteiger partial charge in [0.2, 0.25) is 0 Å². The lowest BCUT2D eigenvalue weighted by atomic mass is 10.4. The molecule has 2 aromatic heterocycles. The molecule has 0 aliphatic heterocycles. The van der Waals surface area contributed by atoms with Gasteiger partial charge in [0, 0.05) is 6.20 Å². The third kappa shape index (κ3) is 1.03. The van der Waals surface area contributed by atoms with Crippen molar-refractivity contribution in [2.45, 2.75) is 0 Å². The van der Waals surface area contributed by atoms with Gasteiger partial charge in [0.05, 0.1) is 15.7 Å². The molecule has 2 nitrogen and oxygen atoms in total. The number of fused-ring (bicyclic) bond motifs is 1. The fraction of sp³-hybridized carbons (Fsp3) is 0. The van der Waals surface area contributed by atoms with Crippen LogP contribution >= 0.6 is 27.5 Å². The molecule has 0 aliphatic carbocycles. The third-order valence-electron chi connectivity index (χ3n) is 1.53. The van der Waals surface area contributed by atoms with Crippen LogP contribution in [0.2, 0.25) is 5.02 Å². The highest BCUT2D eigenvalue weighted by molar-refractivity contribution is 9.10. The number of nitrogens with zero attached hydrogens (tertiary/aromatic N) is 2. The standard InChI is InChI=1S/C7H3BrClFN2/c8-4-1-2-12-7(6(4)10)5(9)3-11-12/h1-3H. The molecule has 0 N–H and O–H groups in total. The SMILES string of the molecule is Fc1c(Br)ccn2ncc(Cl)c12. The first-order valence-electron chi connectivity index (χ1n) is 3.17. The lowest BCUT2D eigenvalue weighted by Crippen LogP contribution is -1.89. The van der Waals surface area contributed by atoms with Gasteiger partial charge in [-0.2, -0.15) is 5.10 Å². The Morgan fingerprint density at radius 3 is 3.08 bits per heavy atom. The Morgan fingerprint density at radius 2 is 2.33 bits per heavy atom. The summed E-state index contributed by atoms with van der Waals surface area (Å²) in [7, 11) is 0. The van der Waals surface area contributed by atoms with E-state index in [1.54, 1.807) is 12.3 Å². The molecule has 0 atom stereocenters. The van der Waals surface area contributed by atoms with Gasteiger partial charge in [0.15, 0.2) is 5.82 Å². The Labute approximate surface area is 81.1 Å². The van der Waals surface area contributed by atoms with Crippen molar-refractivity contribution in [2.75, 3.05) is 0 Å². The van der Waals surface area contributed by atoms with Crippen molar-refractivity contribution >= 4 is 33.0 Å². The summed E-state index contributed by atoms with van der Waals surface area (Å²) in [6.07, 6.45) is 3.04. The molecular formula is C7H3BrClFN2.